The van der Waals surface area contributed by atoms with E-state index in [0.717, 1.165) is 23.8 Å². The van der Waals surface area contributed by atoms with Crippen molar-refractivity contribution in [1.82, 2.24) is 9.97 Å². The lowest BCUT2D eigenvalue weighted by atomic mass is 9.94. The molecule has 0 saturated carbocycles. The summed E-state index contributed by atoms with van der Waals surface area (Å²) in [7, 11) is 0. The maximum atomic E-state index is 13.9. The molecule has 1 saturated heterocycles. The highest BCUT2D eigenvalue weighted by molar-refractivity contribution is 5.96. The second kappa shape index (κ2) is 15.9. The molecule has 1 aliphatic heterocycles. The van der Waals surface area contributed by atoms with Gasteiger partial charge in [0, 0.05) is 17.9 Å². The van der Waals surface area contributed by atoms with Crippen molar-refractivity contribution in [1.29, 1.82) is 0 Å². The van der Waals surface area contributed by atoms with Gasteiger partial charge in [0.1, 0.15) is 29.8 Å². The molecule has 210 valence electrons. The average molecular weight is 537 g/mol. The van der Waals surface area contributed by atoms with Gasteiger partial charge in [-0.1, -0.05) is 66.2 Å². The Kier molecular flexibility index (Phi) is 12.3. The quantitative estimate of drug-likeness (QED) is 0.142. The number of benzene rings is 2. The third-order valence-electron chi connectivity index (χ3n) is 6.91. The van der Waals surface area contributed by atoms with Crippen molar-refractivity contribution >= 4 is 34.2 Å². The number of rotatable bonds is 12. The topological polar surface area (TPSA) is 85.7 Å². The molecule has 0 bridgehead atoms. The van der Waals surface area contributed by atoms with Crippen molar-refractivity contribution in [2.75, 3.05) is 18.5 Å². The molecule has 0 spiro atoms. The van der Waals surface area contributed by atoms with E-state index < -0.39 is 0 Å². The molecule has 1 fully saturated rings. The molecular weight excluding hydrogens is 495 g/mol. The molecule has 2 unspecified atom stereocenters. The first-order valence-electron chi connectivity index (χ1n) is 14.2. The van der Waals surface area contributed by atoms with E-state index in [2.05, 4.69) is 48.0 Å². The number of aliphatic imine (C=N–C) groups is 1. The van der Waals surface area contributed by atoms with E-state index >= 15 is 0 Å². The van der Waals surface area contributed by atoms with Gasteiger partial charge in [0.15, 0.2) is 0 Å². The highest BCUT2D eigenvalue weighted by Gasteiger charge is 2.21. The number of unbranched alkanes of at least 4 members (excludes halogenated alkanes) is 5. The molecule has 1 N–H and O–H groups in total. The monoisotopic (exact) mass is 536 g/mol. The Hall–Kier alpha value is -3.35. The smallest absolute Gasteiger partial charge is 0.240 e. The van der Waals surface area contributed by atoms with Crippen LogP contribution >= 0.6 is 0 Å². The van der Waals surface area contributed by atoms with Gasteiger partial charge >= 0.3 is 0 Å². The van der Waals surface area contributed by atoms with Gasteiger partial charge in [-0.05, 0) is 42.2 Å². The van der Waals surface area contributed by atoms with Gasteiger partial charge in [-0.3, -0.25) is 0 Å². The molecule has 2 aromatic carbocycles. The predicted octanol–water partition coefficient (Wildman–Crippen LogP) is 8.53. The first-order valence-corrected chi connectivity index (χ1v) is 14.2. The SMILES string of the molecule is CCC(C)c1cc(N=C=O)cc2ncnc(Nc3ccc(F)cc3OC3CCOC3)c12.CCCCCCCC. The molecule has 2 atom stereocenters. The van der Waals surface area contributed by atoms with Crippen molar-refractivity contribution in [3.05, 3.63) is 48.0 Å². The molecule has 2 heterocycles. The lowest BCUT2D eigenvalue weighted by Gasteiger charge is -2.19. The molecule has 0 radical (unpaired) electrons. The van der Waals surface area contributed by atoms with Crippen molar-refractivity contribution in [3.8, 4) is 5.75 Å². The van der Waals surface area contributed by atoms with Gasteiger partial charge < -0.3 is 14.8 Å². The molecule has 1 aromatic heterocycles. The fourth-order valence-electron chi connectivity index (χ4n) is 4.49. The summed E-state index contributed by atoms with van der Waals surface area (Å²) < 4.78 is 25.3. The number of hydrogen-bond acceptors (Lipinski definition) is 7. The summed E-state index contributed by atoms with van der Waals surface area (Å²) in [5, 5.41) is 4.12. The Balaban J connectivity index is 0.000000459. The Bertz CT molecular complexity index is 1230. The zero-order chi connectivity index (χ0) is 28.0. The summed E-state index contributed by atoms with van der Waals surface area (Å²) in [6, 6.07) is 7.93. The number of anilines is 2. The number of hydrogen-bond donors (Lipinski definition) is 1. The molecule has 0 amide bonds. The van der Waals surface area contributed by atoms with Crippen LogP contribution in [0.1, 0.15) is 90.5 Å². The second-order valence-corrected chi connectivity index (χ2v) is 9.95. The average Bonchev–Trinajstić information content (AvgIpc) is 3.45. The molecule has 39 heavy (non-hydrogen) atoms. The second-order valence-electron chi connectivity index (χ2n) is 9.95. The van der Waals surface area contributed by atoms with Crippen LogP contribution in [0.4, 0.5) is 21.6 Å². The van der Waals surface area contributed by atoms with Crippen LogP contribution in [-0.4, -0.2) is 35.4 Å². The Labute approximate surface area is 231 Å². The molecule has 1 aliphatic rings. The molecule has 4 rings (SSSR count). The third-order valence-corrected chi connectivity index (χ3v) is 6.91. The normalized spacial score (nSPS) is 15.3. The van der Waals surface area contributed by atoms with E-state index in [-0.39, 0.29) is 17.8 Å². The number of carbonyl (C=O) groups excluding carboxylic acids is 1. The van der Waals surface area contributed by atoms with Gasteiger partial charge in [0.25, 0.3) is 0 Å². The Morgan fingerprint density at radius 1 is 1.13 bits per heavy atom. The van der Waals surface area contributed by atoms with E-state index in [9.17, 15) is 9.18 Å². The van der Waals surface area contributed by atoms with Gasteiger partial charge in [-0.2, -0.15) is 4.99 Å². The van der Waals surface area contributed by atoms with Crippen LogP contribution in [0, 0.1) is 5.82 Å². The summed E-state index contributed by atoms with van der Waals surface area (Å²) in [4.78, 5) is 23.4. The summed E-state index contributed by atoms with van der Waals surface area (Å²) in [5.74, 6) is 0.759. The van der Waals surface area contributed by atoms with E-state index in [1.807, 2.05) is 6.07 Å². The van der Waals surface area contributed by atoms with Crippen LogP contribution in [0.15, 0.2) is 41.7 Å². The van der Waals surface area contributed by atoms with Gasteiger partial charge in [-0.25, -0.2) is 19.2 Å². The lowest BCUT2D eigenvalue weighted by molar-refractivity contribution is 0.141. The van der Waals surface area contributed by atoms with Crippen LogP contribution in [0.5, 0.6) is 5.75 Å². The minimum absolute atomic E-state index is 0.121. The Morgan fingerprint density at radius 2 is 1.90 bits per heavy atom. The van der Waals surface area contributed by atoms with E-state index in [1.165, 1.54) is 57.0 Å². The lowest BCUT2D eigenvalue weighted by Crippen LogP contribution is -2.16. The van der Waals surface area contributed by atoms with Crippen LogP contribution in [0.2, 0.25) is 0 Å². The van der Waals surface area contributed by atoms with Crippen LogP contribution in [-0.2, 0) is 9.53 Å². The largest absolute Gasteiger partial charge is 0.486 e. The summed E-state index contributed by atoms with van der Waals surface area (Å²) in [5.41, 5.74) is 2.71. The van der Waals surface area contributed by atoms with Crippen LogP contribution in [0.3, 0.4) is 0 Å². The number of nitrogens with zero attached hydrogens (tertiary/aromatic N) is 3. The number of fused-ring (bicyclic) bond motifs is 1. The molecule has 3 aromatic rings. The van der Waals surface area contributed by atoms with Crippen molar-refractivity contribution in [2.45, 2.75) is 91.1 Å². The molecule has 0 aliphatic carbocycles. The molecule has 7 nitrogen and oxygen atoms in total. The minimum Gasteiger partial charge on any atom is -0.486 e. The van der Waals surface area contributed by atoms with Gasteiger partial charge in [0.2, 0.25) is 6.08 Å². The summed E-state index contributed by atoms with van der Waals surface area (Å²) in [6.07, 6.45) is 13.0. The fraction of sp³-hybridized carbons (Fsp3) is 0.516. The molecule has 8 heteroatoms. The summed E-state index contributed by atoms with van der Waals surface area (Å²) in [6.45, 7) is 9.79. The zero-order valence-corrected chi connectivity index (χ0v) is 23.6. The van der Waals surface area contributed by atoms with Gasteiger partial charge in [0.05, 0.1) is 30.1 Å². The number of ether oxygens (including phenoxy) is 2. The van der Waals surface area contributed by atoms with Gasteiger partial charge in [-0.15, -0.1) is 0 Å². The highest BCUT2D eigenvalue weighted by Crippen LogP contribution is 2.37. The number of halogens is 1. The van der Waals surface area contributed by atoms with Crippen LogP contribution < -0.4 is 10.1 Å². The number of isocyanates is 1. The zero-order valence-electron chi connectivity index (χ0n) is 23.6. The maximum absolute atomic E-state index is 13.9. The third kappa shape index (κ3) is 8.84. The van der Waals surface area contributed by atoms with Crippen molar-refractivity contribution in [2.24, 2.45) is 4.99 Å². The van der Waals surface area contributed by atoms with Crippen molar-refractivity contribution in [3.63, 3.8) is 0 Å². The highest BCUT2D eigenvalue weighted by atomic mass is 19.1. The van der Waals surface area contributed by atoms with E-state index in [0.29, 0.717) is 41.7 Å². The number of aromatic nitrogens is 2. The first-order chi connectivity index (χ1) is 19.0. The Morgan fingerprint density at radius 3 is 2.54 bits per heavy atom. The van der Waals surface area contributed by atoms with Crippen LogP contribution in [0.25, 0.3) is 10.9 Å². The van der Waals surface area contributed by atoms with E-state index in [1.54, 1.807) is 18.2 Å². The number of nitrogens with one attached hydrogen (secondary N) is 1. The standard InChI is InChI=1S/C23H23FN4O3.C8H18/c1-3-14(2)18-9-16(27-13-29)10-20-22(18)23(26-12-25-20)28-19-5-4-15(24)8-21(19)31-17-6-7-30-11-17;1-3-5-7-8-6-4-2/h4-5,8-10,12,14,17H,3,6-7,11H2,1-2H3,(H,25,26,28);3-8H2,1-2H3. The molecular formula is C31H41FN4O3. The summed E-state index contributed by atoms with van der Waals surface area (Å²) >= 11 is 0. The minimum atomic E-state index is -0.385. The predicted molar refractivity (Wildman–Crippen MR) is 155 cm³/mol. The van der Waals surface area contributed by atoms with Crippen molar-refractivity contribution < 1.29 is 18.7 Å². The maximum Gasteiger partial charge on any atom is 0.240 e. The first kappa shape index (κ1) is 30.2. The fourth-order valence-corrected chi connectivity index (χ4v) is 4.49. The van der Waals surface area contributed by atoms with E-state index in [4.69, 9.17) is 9.47 Å².